The highest BCUT2D eigenvalue weighted by molar-refractivity contribution is 6.88. The van der Waals surface area contributed by atoms with Crippen LogP contribution in [0.5, 0.6) is 0 Å². The van der Waals surface area contributed by atoms with Crippen LogP contribution in [0.2, 0.25) is 19.6 Å². The van der Waals surface area contributed by atoms with Crippen molar-refractivity contribution in [2.45, 2.75) is 19.6 Å². The highest BCUT2D eigenvalue weighted by Crippen LogP contribution is 2.07. The fourth-order valence-corrected chi connectivity index (χ4v) is 3.16. The zero-order valence-corrected chi connectivity index (χ0v) is 13.5. The van der Waals surface area contributed by atoms with E-state index in [9.17, 15) is 0 Å². The Morgan fingerprint density at radius 3 is 1.65 bits per heavy atom. The molecule has 0 aliphatic carbocycles. The summed E-state index contributed by atoms with van der Waals surface area (Å²) in [4.78, 5) is 0. The van der Waals surface area contributed by atoms with E-state index in [1.54, 1.807) is 0 Å². The first kappa shape index (κ1) is 14.5. The van der Waals surface area contributed by atoms with Gasteiger partial charge in [0, 0.05) is 0 Å². The summed E-state index contributed by atoms with van der Waals surface area (Å²) in [5.74, 6) is 0. The summed E-state index contributed by atoms with van der Waals surface area (Å²) in [6.45, 7) is 7.13. The van der Waals surface area contributed by atoms with Crippen LogP contribution in [0.1, 0.15) is 11.1 Å². The lowest BCUT2D eigenvalue weighted by Crippen LogP contribution is -2.37. The molecular weight excluding hydrogens is 256 g/mol. The van der Waals surface area contributed by atoms with Crippen molar-refractivity contribution < 1.29 is 0 Å². The number of rotatable bonds is 4. The van der Waals surface area contributed by atoms with Gasteiger partial charge in [-0.2, -0.15) is 0 Å². The second-order valence-corrected chi connectivity index (χ2v) is 11.1. The third kappa shape index (κ3) is 4.36. The van der Waals surface area contributed by atoms with Crippen LogP contribution in [0.25, 0.3) is 12.2 Å². The lowest BCUT2D eigenvalue weighted by Gasteiger charge is -2.16. The van der Waals surface area contributed by atoms with Crippen molar-refractivity contribution in [3.63, 3.8) is 0 Å². The molecule has 0 nitrogen and oxygen atoms in total. The molecule has 0 atom stereocenters. The second-order valence-electron chi connectivity index (χ2n) is 6.00. The van der Waals surface area contributed by atoms with Crippen molar-refractivity contribution in [2.24, 2.45) is 0 Å². The number of hydrogen-bond acceptors (Lipinski definition) is 0. The van der Waals surface area contributed by atoms with Gasteiger partial charge in [0.1, 0.15) is 0 Å². The van der Waals surface area contributed by atoms with Crippen LogP contribution in [0.4, 0.5) is 0 Å². The molecule has 0 saturated carbocycles. The zero-order valence-electron chi connectivity index (χ0n) is 12.5. The van der Waals surface area contributed by atoms with Crippen molar-refractivity contribution in [1.29, 1.82) is 0 Å². The summed E-state index contributed by atoms with van der Waals surface area (Å²) in [6.07, 6.45) is 8.44. The van der Waals surface area contributed by atoms with E-state index in [4.69, 9.17) is 0 Å². The molecule has 0 bridgehead atoms. The molecule has 0 radical (unpaired) electrons. The minimum absolute atomic E-state index is 1.18. The van der Waals surface area contributed by atoms with Gasteiger partial charge in [-0.05, 0) is 11.1 Å². The van der Waals surface area contributed by atoms with Gasteiger partial charge in [-0.15, -0.1) is 0 Å². The van der Waals surface area contributed by atoms with Gasteiger partial charge in [-0.25, -0.2) is 0 Å². The van der Waals surface area contributed by atoms with E-state index < -0.39 is 8.07 Å². The van der Waals surface area contributed by atoms with Gasteiger partial charge in [0.25, 0.3) is 0 Å². The van der Waals surface area contributed by atoms with E-state index in [-0.39, 0.29) is 0 Å². The van der Waals surface area contributed by atoms with Gasteiger partial charge in [0.2, 0.25) is 0 Å². The molecule has 0 fully saturated rings. The van der Waals surface area contributed by atoms with Crippen molar-refractivity contribution in [1.82, 2.24) is 0 Å². The van der Waals surface area contributed by atoms with E-state index in [0.29, 0.717) is 0 Å². The summed E-state index contributed by atoms with van der Waals surface area (Å²) < 4.78 is 0. The first-order chi connectivity index (χ1) is 9.55. The molecule has 0 aromatic heterocycles. The Bertz CT molecular complexity index is 584. The quantitative estimate of drug-likeness (QED) is 0.548. The molecule has 0 amide bonds. The third-order valence-electron chi connectivity index (χ3n) is 3.26. The van der Waals surface area contributed by atoms with Crippen molar-refractivity contribution in [3.05, 3.63) is 77.9 Å². The van der Waals surface area contributed by atoms with Gasteiger partial charge in [-0.3, -0.25) is 0 Å². The van der Waals surface area contributed by atoms with Gasteiger partial charge >= 0.3 is 0 Å². The SMILES string of the molecule is C[Si](C)(C)c1ccc(C=CC=Cc2ccccc2)cc1. The maximum Gasteiger partial charge on any atom is 0.0775 e. The molecule has 2 rings (SSSR count). The van der Waals surface area contributed by atoms with E-state index in [1.165, 1.54) is 16.3 Å². The highest BCUT2D eigenvalue weighted by Gasteiger charge is 2.15. The van der Waals surface area contributed by atoms with E-state index in [0.717, 1.165) is 0 Å². The maximum absolute atomic E-state index is 2.38. The molecule has 102 valence electrons. The van der Waals surface area contributed by atoms with Crippen molar-refractivity contribution in [3.8, 4) is 0 Å². The average Bonchev–Trinajstić information content (AvgIpc) is 2.44. The molecular formula is C19H22Si. The van der Waals surface area contributed by atoms with Crippen LogP contribution in [0, 0.1) is 0 Å². The molecule has 0 aliphatic rings. The summed E-state index contributed by atoms with van der Waals surface area (Å²) in [5.41, 5.74) is 2.48. The van der Waals surface area contributed by atoms with Crippen LogP contribution in [-0.4, -0.2) is 8.07 Å². The number of benzene rings is 2. The Labute approximate surface area is 123 Å². The van der Waals surface area contributed by atoms with E-state index in [2.05, 4.69) is 92.5 Å². The first-order valence-corrected chi connectivity index (χ1v) is 10.6. The molecule has 0 unspecified atom stereocenters. The van der Waals surface area contributed by atoms with Crippen molar-refractivity contribution >= 4 is 25.4 Å². The minimum Gasteiger partial charge on any atom is -0.0656 e. The maximum atomic E-state index is 2.38. The Hall–Kier alpha value is -1.86. The average molecular weight is 278 g/mol. The lowest BCUT2D eigenvalue weighted by atomic mass is 10.2. The fourth-order valence-electron chi connectivity index (χ4n) is 1.99. The summed E-state index contributed by atoms with van der Waals surface area (Å²) in [5, 5.41) is 1.51. The second kappa shape index (κ2) is 6.53. The predicted molar refractivity (Wildman–Crippen MR) is 93.9 cm³/mol. The molecule has 0 saturated heterocycles. The van der Waals surface area contributed by atoms with Crippen LogP contribution in [-0.2, 0) is 0 Å². The van der Waals surface area contributed by atoms with Crippen molar-refractivity contribution in [2.75, 3.05) is 0 Å². The van der Waals surface area contributed by atoms with Crippen LogP contribution < -0.4 is 5.19 Å². The van der Waals surface area contributed by atoms with Crippen LogP contribution in [0.15, 0.2) is 66.7 Å². The van der Waals surface area contributed by atoms with Gasteiger partial charge in [-0.1, -0.05) is 104 Å². The number of hydrogen-bond donors (Lipinski definition) is 0. The van der Waals surface area contributed by atoms with Crippen LogP contribution in [0.3, 0.4) is 0 Å². The highest BCUT2D eigenvalue weighted by atomic mass is 28.3. The summed E-state index contributed by atoms with van der Waals surface area (Å²) >= 11 is 0. The Kier molecular flexibility index (Phi) is 4.75. The molecule has 1 heteroatoms. The topological polar surface area (TPSA) is 0 Å². The fraction of sp³-hybridized carbons (Fsp3) is 0.158. The van der Waals surface area contributed by atoms with E-state index in [1.807, 2.05) is 6.07 Å². The summed E-state index contributed by atoms with van der Waals surface area (Å²) in [7, 11) is -1.18. The lowest BCUT2D eigenvalue weighted by molar-refractivity contribution is 1.64. The van der Waals surface area contributed by atoms with Crippen LogP contribution >= 0.6 is 0 Å². The molecule has 20 heavy (non-hydrogen) atoms. The third-order valence-corrected chi connectivity index (χ3v) is 5.33. The minimum atomic E-state index is -1.18. The molecule has 0 aliphatic heterocycles. The van der Waals surface area contributed by atoms with Gasteiger partial charge in [0.15, 0.2) is 0 Å². The first-order valence-electron chi connectivity index (χ1n) is 7.06. The smallest absolute Gasteiger partial charge is 0.0656 e. The van der Waals surface area contributed by atoms with Gasteiger partial charge < -0.3 is 0 Å². The zero-order chi connectivity index (χ0) is 14.4. The molecule has 2 aromatic carbocycles. The Morgan fingerprint density at radius 1 is 0.650 bits per heavy atom. The molecule has 0 N–H and O–H groups in total. The molecule has 2 aromatic rings. The normalized spacial score (nSPS) is 12.3. The van der Waals surface area contributed by atoms with E-state index >= 15 is 0 Å². The Morgan fingerprint density at radius 2 is 1.15 bits per heavy atom. The standard InChI is InChI=1S/C19H22Si/c1-20(2,3)19-15-13-18(14-16-19)12-8-7-11-17-9-5-4-6-10-17/h4-16H,1-3H3. The predicted octanol–water partition coefficient (Wildman–Crippen LogP) is 4.96. The number of allylic oxidation sites excluding steroid dienone is 2. The molecule has 0 spiro atoms. The monoisotopic (exact) mass is 278 g/mol. The largest absolute Gasteiger partial charge is 0.0775 e. The van der Waals surface area contributed by atoms with Gasteiger partial charge in [0.05, 0.1) is 8.07 Å². The Balaban J connectivity index is 2.00. The summed E-state index contributed by atoms with van der Waals surface area (Å²) in [6, 6.07) is 19.3. The molecule has 0 heterocycles.